The average Bonchev–Trinajstić information content (AvgIpc) is 3.20. The van der Waals surface area contributed by atoms with Crippen LogP contribution < -0.4 is 10.6 Å². The van der Waals surface area contributed by atoms with Gasteiger partial charge in [-0.05, 0) is 92.8 Å². The molecule has 2 N–H and O–H groups in total. The van der Waals surface area contributed by atoms with Crippen LogP contribution in [0.25, 0.3) is 17.0 Å². The van der Waals surface area contributed by atoms with Gasteiger partial charge in [0, 0.05) is 23.2 Å². The van der Waals surface area contributed by atoms with Crippen LogP contribution in [0.1, 0.15) is 28.8 Å². The third-order valence-corrected chi connectivity index (χ3v) is 7.29. The van der Waals surface area contributed by atoms with Gasteiger partial charge in [0.2, 0.25) is 0 Å². The van der Waals surface area contributed by atoms with Crippen molar-refractivity contribution in [3.05, 3.63) is 75.8 Å². The summed E-state index contributed by atoms with van der Waals surface area (Å²) in [6.45, 7) is 1.93. The number of nitrogens with zero attached hydrogens (tertiary/aromatic N) is 3. The molecule has 7 nitrogen and oxygen atoms in total. The van der Waals surface area contributed by atoms with Crippen LogP contribution in [0, 0.1) is 0 Å². The molecule has 2 aromatic carbocycles. The van der Waals surface area contributed by atoms with Gasteiger partial charge in [-0.2, -0.15) is 0 Å². The van der Waals surface area contributed by atoms with E-state index < -0.39 is 0 Å². The van der Waals surface area contributed by atoms with Gasteiger partial charge < -0.3 is 15.5 Å². The monoisotopic (exact) mass is 505 g/mol. The van der Waals surface area contributed by atoms with E-state index in [9.17, 15) is 9.59 Å². The summed E-state index contributed by atoms with van der Waals surface area (Å²) in [4.78, 5) is 37.0. The van der Waals surface area contributed by atoms with Crippen LogP contribution in [0.4, 0.5) is 5.69 Å². The molecule has 0 saturated carbocycles. The van der Waals surface area contributed by atoms with Gasteiger partial charge in [-0.3, -0.25) is 14.6 Å². The van der Waals surface area contributed by atoms with Crippen molar-refractivity contribution in [3.63, 3.8) is 0 Å². The lowest BCUT2D eigenvalue weighted by Crippen LogP contribution is -2.43. The topological polar surface area (TPSA) is 86.7 Å². The van der Waals surface area contributed by atoms with Crippen LogP contribution in [0.5, 0.6) is 0 Å². The molecule has 178 valence electrons. The van der Waals surface area contributed by atoms with Crippen molar-refractivity contribution >= 4 is 63.0 Å². The molecule has 2 saturated heterocycles. The van der Waals surface area contributed by atoms with E-state index in [0.29, 0.717) is 26.3 Å². The summed E-state index contributed by atoms with van der Waals surface area (Å²) < 4.78 is 0. The molecule has 3 aromatic rings. The van der Waals surface area contributed by atoms with Crippen molar-refractivity contribution in [1.29, 1.82) is 0 Å². The first kappa shape index (κ1) is 23.5. The maximum atomic E-state index is 12.8. The Kier molecular flexibility index (Phi) is 6.86. The number of rotatable bonds is 4. The summed E-state index contributed by atoms with van der Waals surface area (Å²) in [6, 6.07) is 14.9. The van der Waals surface area contributed by atoms with Crippen molar-refractivity contribution in [2.24, 2.45) is 4.99 Å². The minimum absolute atomic E-state index is 0.146. The van der Waals surface area contributed by atoms with E-state index in [4.69, 9.17) is 11.6 Å². The van der Waals surface area contributed by atoms with Gasteiger partial charge in [-0.1, -0.05) is 23.7 Å². The molecule has 2 aliphatic rings. The van der Waals surface area contributed by atoms with E-state index in [-0.39, 0.29) is 17.9 Å². The lowest BCUT2D eigenvalue weighted by molar-refractivity contribution is -0.115. The largest absolute Gasteiger partial charge is 0.349 e. The Balaban J connectivity index is 1.32. The van der Waals surface area contributed by atoms with Crippen molar-refractivity contribution < 1.29 is 9.59 Å². The number of amidine groups is 1. The van der Waals surface area contributed by atoms with Crippen molar-refractivity contribution in [2.45, 2.75) is 18.9 Å². The van der Waals surface area contributed by atoms with E-state index >= 15 is 0 Å². The fourth-order valence-corrected chi connectivity index (χ4v) is 5.08. The zero-order valence-corrected chi connectivity index (χ0v) is 20.7. The smallest absolute Gasteiger partial charge is 0.264 e. The van der Waals surface area contributed by atoms with Gasteiger partial charge >= 0.3 is 0 Å². The average molecular weight is 506 g/mol. The highest BCUT2D eigenvalue weighted by Crippen LogP contribution is 2.32. The number of likely N-dealkylation sites (tertiary alicyclic amines) is 1. The van der Waals surface area contributed by atoms with Gasteiger partial charge in [-0.15, -0.1) is 0 Å². The molecule has 3 heterocycles. The second-order valence-corrected chi connectivity index (χ2v) is 10.1. The molecular weight excluding hydrogens is 482 g/mol. The molecule has 9 heteroatoms. The molecule has 0 aliphatic carbocycles. The molecule has 2 amide bonds. The number of benzene rings is 2. The number of aromatic nitrogens is 1. The Morgan fingerprint density at radius 3 is 2.89 bits per heavy atom. The summed E-state index contributed by atoms with van der Waals surface area (Å²) in [5.41, 5.74) is 2.72. The molecule has 0 unspecified atom stereocenters. The third-order valence-electron chi connectivity index (χ3n) is 6.06. The molecule has 2 aliphatic heterocycles. The van der Waals surface area contributed by atoms with Crippen molar-refractivity contribution in [2.75, 3.05) is 20.1 Å². The highest BCUT2D eigenvalue weighted by Gasteiger charge is 2.25. The molecule has 2 fully saturated rings. The number of aliphatic imine (C=N–C) groups is 1. The summed E-state index contributed by atoms with van der Waals surface area (Å²) >= 11 is 7.59. The summed E-state index contributed by atoms with van der Waals surface area (Å²) in [5.74, 6) is -0.375. The molecule has 35 heavy (non-hydrogen) atoms. The molecule has 0 spiro atoms. The summed E-state index contributed by atoms with van der Waals surface area (Å²) in [7, 11) is 2.09. The number of pyridine rings is 1. The fraction of sp³-hybridized carbons (Fsp3) is 0.231. The maximum absolute atomic E-state index is 12.8. The summed E-state index contributed by atoms with van der Waals surface area (Å²) in [5, 5.41) is 7.71. The molecule has 5 rings (SSSR count). The number of amides is 2. The van der Waals surface area contributed by atoms with E-state index in [1.165, 1.54) is 11.8 Å². The number of piperidine rings is 1. The van der Waals surface area contributed by atoms with Crippen LogP contribution in [-0.4, -0.2) is 53.0 Å². The second-order valence-electron chi connectivity index (χ2n) is 8.65. The number of nitrogens with one attached hydrogen (secondary N) is 2. The van der Waals surface area contributed by atoms with E-state index in [1.807, 2.05) is 36.4 Å². The Hall–Kier alpha value is -3.20. The van der Waals surface area contributed by atoms with Gasteiger partial charge in [0.05, 0.1) is 21.1 Å². The summed E-state index contributed by atoms with van der Waals surface area (Å²) in [6.07, 6.45) is 5.43. The lowest BCUT2D eigenvalue weighted by Gasteiger charge is -2.29. The van der Waals surface area contributed by atoms with Crippen LogP contribution >= 0.6 is 23.4 Å². The van der Waals surface area contributed by atoms with Crippen LogP contribution in [0.15, 0.2) is 64.6 Å². The van der Waals surface area contributed by atoms with E-state index in [1.54, 1.807) is 24.4 Å². The number of hydrogen-bond donors (Lipinski definition) is 2. The SMILES string of the molecule is CN1CCC(NC(=O)c2ccc(Cl)c(N=C3NC(=O)C(=Cc4ccc5ncccc5c4)S3)c2)CC1. The molecule has 0 radical (unpaired) electrons. The Morgan fingerprint density at radius 1 is 1.23 bits per heavy atom. The number of fused-ring (bicyclic) bond motifs is 1. The zero-order valence-electron chi connectivity index (χ0n) is 19.1. The first-order valence-electron chi connectivity index (χ1n) is 11.4. The van der Waals surface area contributed by atoms with Crippen LogP contribution in [-0.2, 0) is 4.79 Å². The number of carbonyl (C=O) groups excluding carboxylic acids is 2. The minimum Gasteiger partial charge on any atom is -0.349 e. The van der Waals surface area contributed by atoms with Gasteiger partial charge in [-0.25, -0.2) is 4.99 Å². The predicted molar refractivity (Wildman–Crippen MR) is 142 cm³/mol. The van der Waals surface area contributed by atoms with Crippen molar-refractivity contribution in [1.82, 2.24) is 20.5 Å². The number of thioether (sulfide) groups is 1. The standard InChI is InChI=1S/C26H24ClN5O2S/c1-32-11-8-19(9-12-32)29-24(33)18-5-6-20(27)22(15-18)30-26-31-25(34)23(35-26)14-16-4-7-21-17(13-16)3-2-10-28-21/h2-7,10,13-15,19H,8-9,11-12H2,1H3,(H,29,33)(H,30,31,34). The minimum atomic E-state index is -0.229. The number of carbonyl (C=O) groups is 2. The Morgan fingerprint density at radius 2 is 2.06 bits per heavy atom. The number of hydrogen-bond acceptors (Lipinski definition) is 6. The first-order valence-corrected chi connectivity index (χ1v) is 12.6. The molecule has 1 aromatic heterocycles. The van der Waals surface area contributed by atoms with Crippen LogP contribution in [0.3, 0.4) is 0 Å². The van der Waals surface area contributed by atoms with Crippen LogP contribution in [0.2, 0.25) is 5.02 Å². The van der Waals surface area contributed by atoms with E-state index in [2.05, 4.69) is 32.6 Å². The molecule has 0 bridgehead atoms. The molecule has 0 atom stereocenters. The third kappa shape index (κ3) is 5.56. The number of halogens is 1. The first-order chi connectivity index (χ1) is 16.9. The predicted octanol–water partition coefficient (Wildman–Crippen LogP) is 4.60. The maximum Gasteiger partial charge on any atom is 0.264 e. The van der Waals surface area contributed by atoms with Crippen molar-refractivity contribution in [3.8, 4) is 0 Å². The Bertz CT molecular complexity index is 1360. The Labute approximate surface area is 212 Å². The lowest BCUT2D eigenvalue weighted by atomic mass is 10.0. The normalized spacial score (nSPS) is 19.4. The second kappa shape index (κ2) is 10.2. The van der Waals surface area contributed by atoms with Gasteiger partial charge in [0.1, 0.15) is 0 Å². The quantitative estimate of drug-likeness (QED) is 0.506. The van der Waals surface area contributed by atoms with Gasteiger partial charge in [0.25, 0.3) is 11.8 Å². The molecular formula is C26H24ClN5O2S. The van der Waals surface area contributed by atoms with Gasteiger partial charge in [0.15, 0.2) is 5.17 Å². The highest BCUT2D eigenvalue weighted by molar-refractivity contribution is 8.18. The zero-order chi connectivity index (χ0) is 24.4. The van der Waals surface area contributed by atoms with E-state index in [0.717, 1.165) is 42.4 Å². The fourth-order valence-electron chi connectivity index (χ4n) is 4.09. The highest BCUT2D eigenvalue weighted by atomic mass is 35.5.